The quantitative estimate of drug-likeness (QED) is 0.427. The first-order valence-electron chi connectivity index (χ1n) is 8.76. The van der Waals surface area contributed by atoms with Crippen LogP contribution in [0.3, 0.4) is 0 Å². The third kappa shape index (κ3) is 4.48. The second-order valence-electron chi connectivity index (χ2n) is 6.45. The number of aryl methyl sites for hydroxylation is 1. The van der Waals surface area contributed by atoms with Gasteiger partial charge in [0.25, 0.3) is 5.89 Å². The van der Waals surface area contributed by atoms with E-state index in [1.54, 1.807) is 22.9 Å². The smallest absolute Gasteiger partial charge is 0.406 e. The van der Waals surface area contributed by atoms with E-state index in [2.05, 4.69) is 20.0 Å². The highest BCUT2D eigenvalue weighted by Gasteiger charge is 2.31. The molecule has 30 heavy (non-hydrogen) atoms. The molecule has 6 nitrogen and oxygen atoms in total. The fourth-order valence-electron chi connectivity index (χ4n) is 2.79. The van der Waals surface area contributed by atoms with Crippen LogP contribution < -0.4 is 4.74 Å². The van der Waals surface area contributed by atoms with E-state index >= 15 is 0 Å². The Morgan fingerprint density at radius 3 is 2.40 bits per heavy atom. The maximum Gasteiger partial charge on any atom is 0.573 e. The van der Waals surface area contributed by atoms with Crippen LogP contribution >= 0.6 is 0 Å². The lowest BCUT2D eigenvalue weighted by atomic mass is 10.2. The van der Waals surface area contributed by atoms with Gasteiger partial charge < -0.3 is 9.26 Å². The summed E-state index contributed by atoms with van der Waals surface area (Å²) in [7, 11) is 0. The van der Waals surface area contributed by atoms with Crippen molar-refractivity contribution in [3.05, 3.63) is 71.7 Å². The topological polar surface area (TPSA) is 66.0 Å². The van der Waals surface area contributed by atoms with Gasteiger partial charge in [0, 0.05) is 11.3 Å². The summed E-state index contributed by atoms with van der Waals surface area (Å²) in [5.74, 6) is -0.283. The van der Waals surface area contributed by atoms with E-state index in [0.29, 0.717) is 17.8 Å². The molecule has 0 aliphatic heterocycles. The van der Waals surface area contributed by atoms with Crippen LogP contribution in [0.15, 0.2) is 59.1 Å². The van der Waals surface area contributed by atoms with Crippen LogP contribution in [0.2, 0.25) is 0 Å². The Bertz CT molecular complexity index is 1150. The van der Waals surface area contributed by atoms with Crippen molar-refractivity contribution >= 4 is 0 Å². The molecule has 0 radical (unpaired) electrons. The second-order valence-corrected chi connectivity index (χ2v) is 6.45. The predicted molar refractivity (Wildman–Crippen MR) is 97.9 cm³/mol. The summed E-state index contributed by atoms with van der Waals surface area (Å²) < 4.78 is 60.6. The molecule has 0 amide bonds. The fourth-order valence-corrected chi connectivity index (χ4v) is 2.79. The summed E-state index contributed by atoms with van der Waals surface area (Å²) in [6.07, 6.45) is -4.76. The molecule has 0 saturated heterocycles. The lowest BCUT2D eigenvalue weighted by Gasteiger charge is -2.08. The number of hydrogen-bond acceptors (Lipinski definition) is 5. The number of alkyl halides is 3. The number of rotatable bonds is 5. The Hall–Kier alpha value is -3.69. The van der Waals surface area contributed by atoms with E-state index in [1.165, 1.54) is 36.4 Å². The summed E-state index contributed by atoms with van der Waals surface area (Å²) >= 11 is 0. The SMILES string of the molecule is Cc1cc(-c2nc(-c3ccc(OC(F)(F)F)cc3)no2)nn1Cc1ccc(F)cc1. The largest absolute Gasteiger partial charge is 0.573 e. The minimum absolute atomic E-state index is 0.168. The molecule has 0 saturated carbocycles. The maximum atomic E-state index is 13.1. The lowest BCUT2D eigenvalue weighted by molar-refractivity contribution is -0.274. The van der Waals surface area contributed by atoms with Crippen molar-refractivity contribution in [1.82, 2.24) is 19.9 Å². The Balaban J connectivity index is 1.52. The third-order valence-electron chi connectivity index (χ3n) is 4.22. The Morgan fingerprint density at radius 1 is 1.03 bits per heavy atom. The molecule has 0 spiro atoms. The van der Waals surface area contributed by atoms with Gasteiger partial charge >= 0.3 is 6.36 Å². The van der Waals surface area contributed by atoms with E-state index in [1.807, 2.05) is 6.92 Å². The van der Waals surface area contributed by atoms with Crippen LogP contribution in [0.4, 0.5) is 17.6 Å². The highest BCUT2D eigenvalue weighted by molar-refractivity contribution is 5.58. The van der Waals surface area contributed by atoms with E-state index in [0.717, 1.165) is 11.3 Å². The average molecular weight is 418 g/mol. The van der Waals surface area contributed by atoms with E-state index in [4.69, 9.17) is 4.52 Å². The zero-order valence-electron chi connectivity index (χ0n) is 15.5. The Labute approximate surface area is 167 Å². The van der Waals surface area contributed by atoms with E-state index in [-0.39, 0.29) is 23.3 Å². The summed E-state index contributed by atoms with van der Waals surface area (Å²) in [6, 6.07) is 13.0. The molecule has 4 aromatic rings. The lowest BCUT2D eigenvalue weighted by Crippen LogP contribution is -2.16. The number of ether oxygens (including phenoxy) is 1. The molecule has 154 valence electrons. The van der Waals surface area contributed by atoms with Crippen molar-refractivity contribution in [1.29, 1.82) is 0 Å². The average Bonchev–Trinajstić information content (AvgIpc) is 3.30. The minimum atomic E-state index is -4.76. The van der Waals surface area contributed by atoms with Gasteiger partial charge in [0.15, 0.2) is 5.69 Å². The summed E-state index contributed by atoms with van der Waals surface area (Å²) in [4.78, 5) is 4.26. The normalized spacial score (nSPS) is 11.6. The number of benzene rings is 2. The van der Waals surface area contributed by atoms with Gasteiger partial charge in [0.2, 0.25) is 5.82 Å². The van der Waals surface area contributed by atoms with Crippen LogP contribution in [-0.2, 0) is 6.54 Å². The van der Waals surface area contributed by atoms with Crippen molar-refractivity contribution in [3.8, 4) is 28.7 Å². The van der Waals surface area contributed by atoms with Crippen LogP contribution in [0.25, 0.3) is 23.0 Å². The highest BCUT2D eigenvalue weighted by Crippen LogP contribution is 2.27. The highest BCUT2D eigenvalue weighted by atomic mass is 19.4. The molecule has 2 aromatic carbocycles. The first-order chi connectivity index (χ1) is 14.3. The van der Waals surface area contributed by atoms with Crippen LogP contribution in [0, 0.1) is 12.7 Å². The first kappa shape index (κ1) is 19.6. The molecule has 0 unspecified atom stereocenters. The summed E-state index contributed by atoms with van der Waals surface area (Å²) in [5.41, 5.74) is 2.62. The molecule has 0 aliphatic carbocycles. The van der Waals surface area contributed by atoms with Gasteiger partial charge in [0.05, 0.1) is 6.54 Å². The molecular weight excluding hydrogens is 404 g/mol. The second kappa shape index (κ2) is 7.62. The molecule has 10 heteroatoms. The molecule has 0 aliphatic rings. The van der Waals surface area contributed by atoms with E-state index < -0.39 is 6.36 Å². The zero-order chi connectivity index (χ0) is 21.3. The van der Waals surface area contributed by atoms with Crippen molar-refractivity contribution in [3.63, 3.8) is 0 Å². The molecule has 4 rings (SSSR count). The number of halogens is 4. The van der Waals surface area contributed by atoms with Gasteiger partial charge in [-0.1, -0.05) is 17.3 Å². The zero-order valence-corrected chi connectivity index (χ0v) is 15.5. The molecule has 0 bridgehead atoms. The molecule has 2 aromatic heterocycles. The molecule has 0 N–H and O–H groups in total. The van der Waals surface area contributed by atoms with Gasteiger partial charge in [-0.05, 0) is 55.0 Å². The van der Waals surface area contributed by atoms with Gasteiger partial charge in [-0.25, -0.2) is 4.39 Å². The fraction of sp³-hybridized carbons (Fsp3) is 0.150. The maximum absolute atomic E-state index is 13.1. The van der Waals surface area contributed by atoms with Crippen molar-refractivity contribution in [2.75, 3.05) is 0 Å². The monoisotopic (exact) mass is 418 g/mol. The van der Waals surface area contributed by atoms with Crippen LogP contribution in [0.5, 0.6) is 5.75 Å². The number of aromatic nitrogens is 4. The third-order valence-corrected chi connectivity index (χ3v) is 4.22. The summed E-state index contributed by atoms with van der Waals surface area (Å²) in [6.45, 7) is 2.30. The van der Waals surface area contributed by atoms with Gasteiger partial charge in [0.1, 0.15) is 11.6 Å². The summed E-state index contributed by atoms with van der Waals surface area (Å²) in [5, 5.41) is 8.30. The molecular formula is C20H14F4N4O2. The van der Waals surface area contributed by atoms with Gasteiger partial charge in [-0.2, -0.15) is 10.1 Å². The molecule has 0 fully saturated rings. The van der Waals surface area contributed by atoms with Crippen molar-refractivity contribution in [2.24, 2.45) is 0 Å². The van der Waals surface area contributed by atoms with Crippen molar-refractivity contribution in [2.45, 2.75) is 19.8 Å². The van der Waals surface area contributed by atoms with Gasteiger partial charge in [-0.3, -0.25) is 4.68 Å². The molecule has 0 atom stereocenters. The van der Waals surface area contributed by atoms with Crippen LogP contribution in [0.1, 0.15) is 11.3 Å². The Kier molecular flexibility index (Phi) is 4.98. The number of hydrogen-bond donors (Lipinski definition) is 0. The molecule has 2 heterocycles. The van der Waals surface area contributed by atoms with Gasteiger partial charge in [-0.15, -0.1) is 13.2 Å². The minimum Gasteiger partial charge on any atom is -0.406 e. The van der Waals surface area contributed by atoms with Crippen LogP contribution in [-0.4, -0.2) is 26.3 Å². The number of nitrogens with zero attached hydrogens (tertiary/aromatic N) is 4. The standard InChI is InChI=1S/C20H14F4N4O2/c1-12-10-17(26-28(12)11-13-2-6-15(21)7-3-13)19-25-18(27-30-19)14-4-8-16(9-5-14)29-20(22,23)24/h2-10H,11H2,1H3. The Morgan fingerprint density at radius 2 is 1.73 bits per heavy atom. The van der Waals surface area contributed by atoms with E-state index in [9.17, 15) is 17.6 Å². The first-order valence-corrected chi connectivity index (χ1v) is 8.76. The van der Waals surface area contributed by atoms with Crippen molar-refractivity contribution < 1.29 is 26.8 Å². The predicted octanol–water partition coefficient (Wildman–Crippen LogP) is 4.99.